The second-order valence-corrected chi connectivity index (χ2v) is 4.40. The van der Waals surface area contributed by atoms with Gasteiger partial charge in [-0.25, -0.2) is 0 Å². The number of nitrogens with one attached hydrogen (secondary N) is 1. The first-order chi connectivity index (χ1) is 8.27. The third-order valence-electron chi connectivity index (χ3n) is 2.99. The minimum absolute atomic E-state index is 0. The van der Waals surface area contributed by atoms with Gasteiger partial charge in [0.15, 0.2) is 0 Å². The number of nitrogens with two attached hydrogens (primary N) is 1. The minimum atomic E-state index is -0.289. The van der Waals surface area contributed by atoms with Gasteiger partial charge in [0.25, 0.3) is 0 Å². The summed E-state index contributed by atoms with van der Waals surface area (Å²) in [6.45, 7) is 2.01. The van der Waals surface area contributed by atoms with Gasteiger partial charge in [0.1, 0.15) is 6.10 Å². The topological polar surface area (TPSA) is 73.6 Å². The van der Waals surface area contributed by atoms with Crippen LogP contribution in [0.15, 0.2) is 0 Å². The summed E-state index contributed by atoms with van der Waals surface area (Å²) in [6, 6.07) is 0. The van der Waals surface area contributed by atoms with Crippen molar-refractivity contribution in [2.75, 3.05) is 26.8 Å². The number of methoxy groups -OCH3 is 1. The average Bonchev–Trinajstić information content (AvgIpc) is 2.82. The van der Waals surface area contributed by atoms with Crippen molar-refractivity contribution in [3.05, 3.63) is 0 Å². The molecule has 1 rings (SSSR count). The molecule has 2 atom stereocenters. The lowest BCUT2D eigenvalue weighted by molar-refractivity contribution is -0.131. The molecule has 1 saturated heterocycles. The van der Waals surface area contributed by atoms with E-state index in [1.807, 2.05) is 0 Å². The van der Waals surface area contributed by atoms with Crippen molar-refractivity contribution in [1.29, 1.82) is 0 Å². The molecule has 1 amide bonds. The second-order valence-electron chi connectivity index (χ2n) is 4.40. The van der Waals surface area contributed by atoms with E-state index in [4.69, 9.17) is 15.2 Å². The summed E-state index contributed by atoms with van der Waals surface area (Å²) < 4.78 is 10.5. The fourth-order valence-corrected chi connectivity index (χ4v) is 1.95. The number of ether oxygens (including phenoxy) is 2. The van der Waals surface area contributed by atoms with E-state index < -0.39 is 0 Å². The van der Waals surface area contributed by atoms with Crippen LogP contribution >= 0.6 is 12.4 Å². The van der Waals surface area contributed by atoms with Gasteiger partial charge in [-0.15, -0.1) is 12.4 Å². The Morgan fingerprint density at radius 1 is 1.39 bits per heavy atom. The number of unbranched alkanes of at least 4 members (excludes halogenated alkanes) is 2. The maximum Gasteiger partial charge on any atom is 0.249 e. The van der Waals surface area contributed by atoms with Crippen molar-refractivity contribution in [2.45, 2.75) is 44.3 Å². The molecule has 0 bridgehead atoms. The third kappa shape index (κ3) is 6.54. The van der Waals surface area contributed by atoms with Gasteiger partial charge in [-0.05, 0) is 32.1 Å². The zero-order valence-corrected chi connectivity index (χ0v) is 11.8. The summed E-state index contributed by atoms with van der Waals surface area (Å²) in [5.41, 5.74) is 5.50. The van der Waals surface area contributed by atoms with Crippen LogP contribution in [0.4, 0.5) is 0 Å². The van der Waals surface area contributed by atoms with Crippen LogP contribution in [-0.2, 0) is 14.3 Å². The lowest BCUT2D eigenvalue weighted by atomic mass is 10.2. The number of rotatable bonds is 8. The predicted molar refractivity (Wildman–Crippen MR) is 72.9 cm³/mol. The van der Waals surface area contributed by atoms with E-state index in [2.05, 4.69) is 5.32 Å². The van der Waals surface area contributed by atoms with Gasteiger partial charge in [-0.2, -0.15) is 0 Å². The highest BCUT2D eigenvalue weighted by molar-refractivity contribution is 5.85. The van der Waals surface area contributed by atoms with Crippen LogP contribution in [0, 0.1) is 0 Å². The molecule has 18 heavy (non-hydrogen) atoms. The van der Waals surface area contributed by atoms with E-state index in [9.17, 15) is 4.79 Å². The molecule has 1 aliphatic heterocycles. The lowest BCUT2D eigenvalue weighted by Crippen LogP contribution is -2.36. The Kier molecular flexibility index (Phi) is 10.3. The molecule has 108 valence electrons. The molecule has 0 aromatic rings. The van der Waals surface area contributed by atoms with Crippen LogP contribution in [0.3, 0.4) is 0 Å². The Bertz CT molecular complexity index is 229. The number of halogens is 1. The number of hydrogen-bond donors (Lipinski definition) is 2. The molecular formula is C12H25ClN2O3. The van der Waals surface area contributed by atoms with Gasteiger partial charge in [0, 0.05) is 26.8 Å². The SMILES string of the molecule is COCCCCCNC(=O)[C@@H]1CC[C@H](CN)O1.Cl. The van der Waals surface area contributed by atoms with E-state index >= 15 is 0 Å². The van der Waals surface area contributed by atoms with Gasteiger partial charge in [0.2, 0.25) is 5.91 Å². The van der Waals surface area contributed by atoms with Crippen LogP contribution in [0.5, 0.6) is 0 Å². The van der Waals surface area contributed by atoms with Crippen molar-refractivity contribution in [3.63, 3.8) is 0 Å². The van der Waals surface area contributed by atoms with Crippen molar-refractivity contribution >= 4 is 18.3 Å². The quantitative estimate of drug-likeness (QED) is 0.647. The molecule has 1 heterocycles. The zero-order valence-electron chi connectivity index (χ0n) is 11.0. The lowest BCUT2D eigenvalue weighted by Gasteiger charge is -2.12. The molecule has 1 fully saturated rings. The second kappa shape index (κ2) is 10.6. The molecule has 0 unspecified atom stereocenters. The first-order valence-corrected chi connectivity index (χ1v) is 6.40. The maximum absolute atomic E-state index is 11.7. The van der Waals surface area contributed by atoms with Gasteiger partial charge in [-0.3, -0.25) is 4.79 Å². The van der Waals surface area contributed by atoms with Gasteiger partial charge >= 0.3 is 0 Å². The summed E-state index contributed by atoms with van der Waals surface area (Å²) in [5, 5.41) is 2.90. The molecule has 1 aliphatic rings. The van der Waals surface area contributed by atoms with Crippen LogP contribution in [0.25, 0.3) is 0 Å². The number of carbonyl (C=O) groups excluding carboxylic acids is 1. The Balaban J connectivity index is 0.00000289. The first kappa shape index (κ1) is 17.6. The molecule has 0 aromatic carbocycles. The molecule has 0 saturated carbocycles. The summed E-state index contributed by atoms with van der Waals surface area (Å²) >= 11 is 0. The van der Waals surface area contributed by atoms with Crippen LogP contribution in [-0.4, -0.2) is 44.9 Å². The molecule has 0 radical (unpaired) electrons. The first-order valence-electron chi connectivity index (χ1n) is 6.40. The van der Waals surface area contributed by atoms with E-state index in [1.54, 1.807) is 7.11 Å². The monoisotopic (exact) mass is 280 g/mol. The van der Waals surface area contributed by atoms with Gasteiger partial charge in [0.05, 0.1) is 6.10 Å². The zero-order chi connectivity index (χ0) is 12.5. The van der Waals surface area contributed by atoms with E-state index in [0.29, 0.717) is 6.54 Å². The Morgan fingerprint density at radius 2 is 2.17 bits per heavy atom. The summed E-state index contributed by atoms with van der Waals surface area (Å²) in [4.78, 5) is 11.7. The summed E-state index contributed by atoms with van der Waals surface area (Å²) in [5.74, 6) is 0.00712. The van der Waals surface area contributed by atoms with Crippen LogP contribution < -0.4 is 11.1 Å². The number of hydrogen-bond acceptors (Lipinski definition) is 4. The molecule has 0 aliphatic carbocycles. The molecule has 0 spiro atoms. The standard InChI is InChI=1S/C12H24N2O3.ClH/c1-16-8-4-2-3-7-14-12(15)11-6-5-10(9-13)17-11;/h10-11H,2-9,13H2,1H3,(H,14,15);1H/t10-,11+;/m1./s1. The van der Waals surface area contributed by atoms with E-state index in [0.717, 1.165) is 45.3 Å². The van der Waals surface area contributed by atoms with Crippen molar-refractivity contribution in [2.24, 2.45) is 5.73 Å². The molecule has 0 aromatic heterocycles. The third-order valence-corrected chi connectivity index (χ3v) is 2.99. The highest BCUT2D eigenvalue weighted by atomic mass is 35.5. The van der Waals surface area contributed by atoms with Crippen molar-refractivity contribution in [1.82, 2.24) is 5.32 Å². The molecule has 3 N–H and O–H groups in total. The highest BCUT2D eigenvalue weighted by Crippen LogP contribution is 2.18. The average molecular weight is 281 g/mol. The Labute approximate surface area is 115 Å². The van der Waals surface area contributed by atoms with Gasteiger partial charge < -0.3 is 20.5 Å². The fraction of sp³-hybridized carbons (Fsp3) is 0.917. The normalized spacial score (nSPS) is 22.6. The van der Waals surface area contributed by atoms with Crippen LogP contribution in [0.1, 0.15) is 32.1 Å². The largest absolute Gasteiger partial charge is 0.385 e. The summed E-state index contributed by atoms with van der Waals surface area (Å²) in [7, 11) is 1.70. The Morgan fingerprint density at radius 3 is 2.78 bits per heavy atom. The molecule has 5 nitrogen and oxygen atoms in total. The van der Waals surface area contributed by atoms with E-state index in [-0.39, 0.29) is 30.5 Å². The van der Waals surface area contributed by atoms with Crippen molar-refractivity contribution in [3.8, 4) is 0 Å². The maximum atomic E-state index is 11.7. The Hall–Kier alpha value is -0.360. The van der Waals surface area contributed by atoms with Crippen molar-refractivity contribution < 1.29 is 14.3 Å². The predicted octanol–water partition coefficient (Wildman–Crippen LogP) is 0.847. The number of carbonyl (C=O) groups is 1. The van der Waals surface area contributed by atoms with E-state index in [1.165, 1.54) is 0 Å². The smallest absolute Gasteiger partial charge is 0.249 e. The summed E-state index contributed by atoms with van der Waals surface area (Å²) in [6.07, 6.45) is 4.56. The fourth-order valence-electron chi connectivity index (χ4n) is 1.95. The highest BCUT2D eigenvalue weighted by Gasteiger charge is 2.29. The van der Waals surface area contributed by atoms with Gasteiger partial charge in [-0.1, -0.05) is 0 Å². The molecule has 6 heteroatoms. The molecular weight excluding hydrogens is 256 g/mol. The number of amides is 1. The van der Waals surface area contributed by atoms with Crippen LogP contribution in [0.2, 0.25) is 0 Å². The minimum Gasteiger partial charge on any atom is -0.385 e.